The first-order valence-electron chi connectivity index (χ1n) is 15.0. The molecule has 0 radical (unpaired) electrons. The van der Waals surface area contributed by atoms with Crippen molar-refractivity contribution in [3.05, 3.63) is 35.9 Å². The molecular formula is C31H54ClN3O8. The molecule has 0 saturated carbocycles. The van der Waals surface area contributed by atoms with Crippen LogP contribution in [0.2, 0.25) is 0 Å². The van der Waals surface area contributed by atoms with Gasteiger partial charge in [0.1, 0.15) is 6.54 Å². The van der Waals surface area contributed by atoms with Crippen LogP contribution >= 0.6 is 0 Å². The highest BCUT2D eigenvalue weighted by Gasteiger charge is 2.18. The molecule has 12 heteroatoms. The third-order valence-electron chi connectivity index (χ3n) is 6.74. The van der Waals surface area contributed by atoms with Crippen molar-refractivity contribution in [1.82, 2.24) is 9.80 Å². The Morgan fingerprint density at radius 1 is 0.605 bits per heavy atom. The predicted octanol–water partition coefficient (Wildman–Crippen LogP) is 1.12. The number of halogens is 1. The number of hydrogen-bond donors (Lipinski definition) is 4. The molecule has 0 unspecified atom stereocenters. The van der Waals surface area contributed by atoms with E-state index in [1.54, 1.807) is 0 Å². The van der Waals surface area contributed by atoms with Gasteiger partial charge in [0, 0.05) is 18.7 Å². The second-order valence-electron chi connectivity index (χ2n) is 11.5. The van der Waals surface area contributed by atoms with Crippen LogP contribution in [0.5, 0.6) is 0 Å². The number of quaternary nitrogens is 1. The lowest BCUT2D eigenvalue weighted by atomic mass is 10.1. The van der Waals surface area contributed by atoms with Crippen molar-refractivity contribution in [2.45, 2.75) is 77.7 Å². The number of nitrogens with zero attached hydrogens (tertiary/aromatic N) is 3. The van der Waals surface area contributed by atoms with E-state index in [2.05, 4.69) is 51.4 Å². The molecule has 4 N–H and O–H groups in total. The Bertz CT molecular complexity index is 834. The average molecular weight is 632 g/mol. The third-order valence-corrected chi connectivity index (χ3v) is 6.74. The highest BCUT2D eigenvalue weighted by atomic mass is 35.5. The van der Waals surface area contributed by atoms with Crippen molar-refractivity contribution >= 4 is 23.9 Å². The summed E-state index contributed by atoms with van der Waals surface area (Å²) in [5, 5.41) is 34.5. The monoisotopic (exact) mass is 631 g/mol. The summed E-state index contributed by atoms with van der Waals surface area (Å²) < 4.78 is 1.11. The van der Waals surface area contributed by atoms with E-state index in [9.17, 15) is 19.2 Å². The Kier molecular flexibility index (Phi) is 25.4. The van der Waals surface area contributed by atoms with Crippen LogP contribution in [0, 0.1) is 0 Å². The Hall–Kier alpha value is -2.73. The zero-order valence-corrected chi connectivity index (χ0v) is 27.0. The van der Waals surface area contributed by atoms with Crippen LogP contribution in [-0.4, -0.2) is 118 Å². The number of unbranched alkanes of at least 4 members (excludes halogenated alkanes) is 9. The molecule has 1 aromatic rings. The molecular weight excluding hydrogens is 578 g/mol. The topological polar surface area (TPSA) is 156 Å². The first kappa shape index (κ1) is 42.4. The van der Waals surface area contributed by atoms with Gasteiger partial charge in [0.05, 0.1) is 46.8 Å². The maximum absolute atomic E-state index is 10.6. The largest absolute Gasteiger partial charge is 1.00 e. The smallest absolute Gasteiger partial charge is 0.317 e. The van der Waals surface area contributed by atoms with Gasteiger partial charge >= 0.3 is 23.9 Å². The van der Waals surface area contributed by atoms with Crippen molar-refractivity contribution in [2.24, 2.45) is 0 Å². The van der Waals surface area contributed by atoms with Gasteiger partial charge in [-0.1, -0.05) is 88.6 Å². The number of benzene rings is 1. The van der Waals surface area contributed by atoms with Crippen LogP contribution in [0.3, 0.4) is 0 Å². The summed E-state index contributed by atoms with van der Waals surface area (Å²) in [6, 6.07) is 10.9. The Balaban J connectivity index is 0. The lowest BCUT2D eigenvalue weighted by Gasteiger charge is -2.30. The van der Waals surface area contributed by atoms with Gasteiger partial charge in [0.25, 0.3) is 0 Å². The summed E-state index contributed by atoms with van der Waals surface area (Å²) in [4.78, 5) is 44.4. The van der Waals surface area contributed by atoms with Gasteiger partial charge in [-0.3, -0.25) is 29.0 Å². The fourth-order valence-electron chi connectivity index (χ4n) is 4.66. The molecule has 0 amide bonds. The molecule has 43 heavy (non-hydrogen) atoms. The number of hydrogen-bond acceptors (Lipinski definition) is 6. The molecule has 0 fully saturated rings. The minimum Gasteiger partial charge on any atom is -1.00 e. The lowest BCUT2D eigenvalue weighted by Crippen LogP contribution is -3.00. The predicted molar refractivity (Wildman–Crippen MR) is 162 cm³/mol. The van der Waals surface area contributed by atoms with E-state index >= 15 is 0 Å². The molecule has 11 nitrogen and oxygen atoms in total. The Morgan fingerprint density at radius 3 is 1.30 bits per heavy atom. The second kappa shape index (κ2) is 25.7. The minimum atomic E-state index is -1.23. The zero-order chi connectivity index (χ0) is 31.8. The van der Waals surface area contributed by atoms with Gasteiger partial charge in [-0.25, -0.2) is 0 Å². The van der Waals surface area contributed by atoms with Gasteiger partial charge in [-0.2, -0.15) is 0 Å². The third kappa shape index (κ3) is 27.8. The van der Waals surface area contributed by atoms with Crippen molar-refractivity contribution in [1.29, 1.82) is 0 Å². The summed E-state index contributed by atoms with van der Waals surface area (Å²) in [6.07, 6.45) is 14.2. The Morgan fingerprint density at radius 2 is 0.953 bits per heavy atom. The van der Waals surface area contributed by atoms with E-state index in [4.69, 9.17) is 20.4 Å². The number of aliphatic carboxylic acids is 4. The van der Waals surface area contributed by atoms with Gasteiger partial charge in [0.15, 0.2) is 0 Å². The maximum atomic E-state index is 10.6. The number of carbonyl (C=O) groups is 4. The minimum absolute atomic E-state index is 0. The van der Waals surface area contributed by atoms with Gasteiger partial charge in [-0.05, 0) is 12.8 Å². The van der Waals surface area contributed by atoms with Crippen LogP contribution in [0.4, 0.5) is 0 Å². The second-order valence-corrected chi connectivity index (χ2v) is 11.5. The molecule has 0 saturated heterocycles. The highest BCUT2D eigenvalue weighted by Crippen LogP contribution is 2.14. The van der Waals surface area contributed by atoms with Crippen LogP contribution in [-0.2, 0) is 25.7 Å². The Labute approximate surface area is 263 Å². The molecule has 1 rings (SSSR count). The molecule has 0 bridgehead atoms. The van der Waals surface area contributed by atoms with Crippen LogP contribution < -0.4 is 12.4 Å². The summed E-state index contributed by atoms with van der Waals surface area (Å²) in [6.45, 7) is 2.49. The highest BCUT2D eigenvalue weighted by molar-refractivity contribution is 5.73. The molecule has 248 valence electrons. The molecule has 0 aliphatic heterocycles. The summed E-state index contributed by atoms with van der Waals surface area (Å²) in [7, 11) is 4.72. The van der Waals surface area contributed by atoms with E-state index in [1.165, 1.54) is 76.3 Å². The van der Waals surface area contributed by atoms with E-state index in [1.807, 2.05) is 0 Å². The number of carboxylic acid groups (broad SMARTS) is 4. The van der Waals surface area contributed by atoms with Gasteiger partial charge < -0.3 is 37.3 Å². The maximum Gasteiger partial charge on any atom is 0.317 e. The molecule has 0 aromatic heterocycles. The molecule has 0 spiro atoms. The van der Waals surface area contributed by atoms with Crippen LogP contribution in [0.1, 0.15) is 76.7 Å². The summed E-state index contributed by atoms with van der Waals surface area (Å²) >= 11 is 0. The molecule has 0 atom stereocenters. The van der Waals surface area contributed by atoms with Gasteiger partial charge in [-0.15, -0.1) is 0 Å². The van der Waals surface area contributed by atoms with Crippen molar-refractivity contribution in [3.63, 3.8) is 0 Å². The van der Waals surface area contributed by atoms with Crippen molar-refractivity contribution in [3.8, 4) is 0 Å². The van der Waals surface area contributed by atoms with Crippen molar-refractivity contribution in [2.75, 3.05) is 59.9 Å². The zero-order valence-electron chi connectivity index (χ0n) is 26.3. The van der Waals surface area contributed by atoms with Gasteiger partial charge in [0.2, 0.25) is 0 Å². The lowest BCUT2D eigenvalue weighted by molar-refractivity contribution is -0.903. The fourth-order valence-corrected chi connectivity index (χ4v) is 4.66. The number of carboxylic acids is 4. The first-order valence-corrected chi connectivity index (χ1v) is 15.0. The van der Waals surface area contributed by atoms with E-state index in [-0.39, 0.29) is 25.5 Å². The fraction of sp³-hybridized carbons (Fsp3) is 0.677. The SMILES string of the molecule is CCCCCCCCCCCC[N+](C)(C)Cc1ccccc1.O=C(O)CN(CCN(CC(=O)O)CC(=O)O)CC(=O)O.[Cl-]. The summed E-state index contributed by atoms with van der Waals surface area (Å²) in [5.41, 5.74) is 1.46. The molecule has 1 aromatic carbocycles. The van der Waals surface area contributed by atoms with Crippen molar-refractivity contribution < 1.29 is 56.5 Å². The first-order chi connectivity index (χ1) is 19.8. The number of rotatable bonds is 24. The van der Waals surface area contributed by atoms with E-state index in [0.717, 1.165) is 20.8 Å². The van der Waals surface area contributed by atoms with Crippen LogP contribution in [0.25, 0.3) is 0 Å². The quantitative estimate of drug-likeness (QED) is 0.0963. The van der Waals surface area contributed by atoms with E-state index in [0.29, 0.717) is 0 Å². The summed E-state index contributed by atoms with van der Waals surface area (Å²) in [5.74, 6) is -4.91. The average Bonchev–Trinajstić information content (AvgIpc) is 2.87. The normalized spacial score (nSPS) is 11.0. The van der Waals surface area contributed by atoms with Crippen LogP contribution in [0.15, 0.2) is 30.3 Å². The molecule has 0 heterocycles. The van der Waals surface area contributed by atoms with E-state index < -0.39 is 50.1 Å². The molecule has 0 aliphatic carbocycles. The standard InChI is InChI=1S/C21H38N.C10H16N2O8.ClH/c1-4-5-6-7-8-9-10-11-12-16-19-22(2,3)20-21-17-14-13-15-18-21;13-7(14)3-11(4-8(15)16)1-2-12(5-9(17)18)6-10(19)20;/h13-15,17-18H,4-12,16,19-20H2,1-3H3;1-6H2,(H,13,14)(H,15,16)(H,17,18)(H,19,20);1H/q+1;;/p-1. The molecule has 0 aliphatic rings.